The van der Waals surface area contributed by atoms with Crippen molar-refractivity contribution in [3.8, 4) is 11.3 Å². The maximum atomic E-state index is 13.4. The summed E-state index contributed by atoms with van der Waals surface area (Å²) in [6.45, 7) is 3.21. The zero-order valence-electron chi connectivity index (χ0n) is 18.3. The van der Waals surface area contributed by atoms with E-state index < -0.39 is 0 Å². The van der Waals surface area contributed by atoms with E-state index in [9.17, 15) is 9.18 Å². The molecule has 0 saturated carbocycles. The number of carbonyl (C=O) groups is 1. The number of anilines is 1. The van der Waals surface area contributed by atoms with Crippen molar-refractivity contribution in [1.29, 1.82) is 0 Å². The molecule has 1 amide bonds. The van der Waals surface area contributed by atoms with Crippen LogP contribution in [0.1, 0.15) is 35.2 Å². The molecule has 0 unspecified atom stereocenters. The van der Waals surface area contributed by atoms with Gasteiger partial charge >= 0.3 is 0 Å². The minimum Gasteiger partial charge on any atom is -0.385 e. The minimum absolute atomic E-state index is 0.159. The van der Waals surface area contributed by atoms with Gasteiger partial charge in [0.15, 0.2) is 0 Å². The molecule has 32 heavy (non-hydrogen) atoms. The van der Waals surface area contributed by atoms with E-state index >= 15 is 0 Å². The summed E-state index contributed by atoms with van der Waals surface area (Å²) in [6, 6.07) is 15.5. The number of nitrogens with zero attached hydrogens (tertiary/aromatic N) is 3. The molecule has 6 nitrogen and oxygen atoms in total. The van der Waals surface area contributed by atoms with Crippen molar-refractivity contribution in [3.05, 3.63) is 71.5 Å². The first-order valence-electron chi connectivity index (χ1n) is 11.0. The lowest BCUT2D eigenvalue weighted by molar-refractivity contribution is 0.0724. The van der Waals surface area contributed by atoms with Crippen LogP contribution in [0.4, 0.5) is 10.3 Å². The smallest absolute Gasteiger partial charge is 0.254 e. The maximum absolute atomic E-state index is 13.4. The van der Waals surface area contributed by atoms with Crippen molar-refractivity contribution in [2.24, 2.45) is 0 Å². The number of methoxy groups -OCH3 is 1. The van der Waals surface area contributed by atoms with Crippen LogP contribution in [0.5, 0.6) is 0 Å². The van der Waals surface area contributed by atoms with E-state index in [0.29, 0.717) is 31.7 Å². The fourth-order valence-electron chi connectivity index (χ4n) is 4.05. The van der Waals surface area contributed by atoms with Crippen molar-refractivity contribution in [1.82, 2.24) is 10.1 Å². The summed E-state index contributed by atoms with van der Waals surface area (Å²) >= 11 is 0. The molecule has 0 radical (unpaired) electrons. The molecule has 1 aliphatic rings. The third-order valence-corrected chi connectivity index (χ3v) is 5.71. The summed E-state index contributed by atoms with van der Waals surface area (Å²) < 4.78 is 24.4. The van der Waals surface area contributed by atoms with Crippen LogP contribution in [0.15, 0.2) is 59.1 Å². The van der Waals surface area contributed by atoms with E-state index in [1.54, 1.807) is 12.0 Å². The van der Waals surface area contributed by atoms with Gasteiger partial charge in [0.1, 0.15) is 11.5 Å². The van der Waals surface area contributed by atoms with Crippen molar-refractivity contribution in [2.45, 2.75) is 25.8 Å². The van der Waals surface area contributed by atoms with Gasteiger partial charge in [0.05, 0.1) is 12.1 Å². The van der Waals surface area contributed by atoms with Crippen LogP contribution in [0.2, 0.25) is 0 Å². The van der Waals surface area contributed by atoms with Crippen LogP contribution >= 0.6 is 0 Å². The predicted molar refractivity (Wildman–Crippen MR) is 121 cm³/mol. The quantitative estimate of drug-likeness (QED) is 0.452. The highest BCUT2D eigenvalue weighted by Crippen LogP contribution is 2.34. The number of benzene rings is 2. The van der Waals surface area contributed by atoms with Crippen molar-refractivity contribution in [3.63, 3.8) is 0 Å². The molecule has 4 rings (SSSR count). The van der Waals surface area contributed by atoms with Gasteiger partial charge in [-0.2, -0.15) is 0 Å². The van der Waals surface area contributed by atoms with Crippen molar-refractivity contribution >= 4 is 11.8 Å². The molecular weight excluding hydrogens is 409 g/mol. The lowest BCUT2D eigenvalue weighted by Crippen LogP contribution is -2.33. The zero-order valence-corrected chi connectivity index (χ0v) is 18.3. The van der Waals surface area contributed by atoms with E-state index in [0.717, 1.165) is 48.6 Å². The first-order chi connectivity index (χ1) is 15.7. The molecule has 0 bridgehead atoms. The average molecular weight is 438 g/mol. The summed E-state index contributed by atoms with van der Waals surface area (Å²) in [6.07, 6.45) is 2.90. The summed E-state index contributed by atoms with van der Waals surface area (Å²) in [5, 5.41) is 4.40. The average Bonchev–Trinajstić information content (AvgIpc) is 3.49. The molecule has 2 aromatic carbocycles. The van der Waals surface area contributed by atoms with Gasteiger partial charge in [-0.1, -0.05) is 35.5 Å². The van der Waals surface area contributed by atoms with Crippen LogP contribution in [0.3, 0.4) is 0 Å². The number of amides is 1. The summed E-state index contributed by atoms with van der Waals surface area (Å²) in [4.78, 5) is 17.3. The Morgan fingerprint density at radius 1 is 1.12 bits per heavy atom. The van der Waals surface area contributed by atoms with E-state index in [1.807, 2.05) is 30.3 Å². The van der Waals surface area contributed by atoms with Gasteiger partial charge in [-0.15, -0.1) is 0 Å². The van der Waals surface area contributed by atoms with Gasteiger partial charge in [-0.3, -0.25) is 4.79 Å². The topological polar surface area (TPSA) is 58.8 Å². The first kappa shape index (κ1) is 22.0. The highest BCUT2D eigenvalue weighted by atomic mass is 19.1. The van der Waals surface area contributed by atoms with Crippen molar-refractivity contribution < 1.29 is 18.4 Å². The summed E-state index contributed by atoms with van der Waals surface area (Å²) in [5.41, 5.74) is 3.04. The molecule has 7 heteroatoms. The Morgan fingerprint density at radius 3 is 2.53 bits per heavy atom. The molecule has 1 aliphatic heterocycles. The molecule has 0 atom stereocenters. The van der Waals surface area contributed by atoms with Crippen LogP contribution in [0, 0.1) is 5.82 Å². The number of carbonyl (C=O) groups excluding carboxylic acids is 1. The fourth-order valence-corrected chi connectivity index (χ4v) is 4.05. The van der Waals surface area contributed by atoms with Gasteiger partial charge in [-0.05, 0) is 43.5 Å². The Balaban J connectivity index is 1.68. The molecule has 0 spiro atoms. The van der Waals surface area contributed by atoms with Gasteiger partial charge in [0, 0.05) is 44.5 Å². The van der Waals surface area contributed by atoms with Gasteiger partial charge in [-0.25, -0.2) is 4.39 Å². The highest BCUT2D eigenvalue weighted by molar-refractivity contribution is 5.94. The normalized spacial score (nSPS) is 13.5. The Labute approximate surface area is 187 Å². The molecule has 1 saturated heterocycles. The second-order valence-corrected chi connectivity index (χ2v) is 7.96. The van der Waals surface area contributed by atoms with Crippen LogP contribution in [-0.4, -0.2) is 49.3 Å². The Bertz CT molecular complexity index is 1010. The second kappa shape index (κ2) is 10.4. The number of aromatic nitrogens is 1. The van der Waals surface area contributed by atoms with E-state index in [2.05, 4.69) is 10.1 Å². The van der Waals surface area contributed by atoms with Crippen LogP contribution in [0.25, 0.3) is 11.3 Å². The molecule has 1 aromatic heterocycles. The van der Waals surface area contributed by atoms with Crippen LogP contribution in [-0.2, 0) is 11.3 Å². The molecular formula is C25H28FN3O3. The lowest BCUT2D eigenvalue weighted by atomic mass is 10.1. The summed E-state index contributed by atoms with van der Waals surface area (Å²) in [5.74, 6) is 0.202. The fraction of sp³-hybridized carbons (Fsp3) is 0.360. The Morgan fingerprint density at radius 2 is 1.84 bits per heavy atom. The monoisotopic (exact) mass is 437 g/mol. The zero-order chi connectivity index (χ0) is 22.3. The van der Waals surface area contributed by atoms with Crippen molar-refractivity contribution in [2.75, 3.05) is 38.3 Å². The number of halogens is 1. The molecule has 168 valence electrons. The second-order valence-electron chi connectivity index (χ2n) is 7.96. The van der Waals surface area contributed by atoms with Gasteiger partial charge in [0.25, 0.3) is 5.91 Å². The minimum atomic E-state index is -0.366. The van der Waals surface area contributed by atoms with Gasteiger partial charge < -0.3 is 19.1 Å². The van der Waals surface area contributed by atoms with E-state index in [4.69, 9.17) is 9.26 Å². The first-order valence-corrected chi connectivity index (χ1v) is 11.0. The Kier molecular flexibility index (Phi) is 7.17. The van der Waals surface area contributed by atoms with Crippen LogP contribution < -0.4 is 4.90 Å². The number of hydrogen-bond acceptors (Lipinski definition) is 5. The summed E-state index contributed by atoms with van der Waals surface area (Å²) in [7, 11) is 1.64. The Hall–Kier alpha value is -3.19. The largest absolute Gasteiger partial charge is 0.385 e. The number of ether oxygens (including phenoxy) is 1. The lowest BCUT2D eigenvalue weighted by Gasteiger charge is -2.24. The van der Waals surface area contributed by atoms with E-state index in [-0.39, 0.29) is 11.7 Å². The molecule has 3 aromatic rings. The molecule has 0 N–H and O–H groups in total. The van der Waals surface area contributed by atoms with Gasteiger partial charge in [0.2, 0.25) is 5.88 Å². The third kappa shape index (κ3) is 4.99. The molecule has 1 fully saturated rings. The van der Waals surface area contributed by atoms with E-state index in [1.165, 1.54) is 24.3 Å². The molecule has 2 heterocycles. The maximum Gasteiger partial charge on any atom is 0.254 e. The number of hydrogen-bond donors (Lipinski definition) is 0. The SMILES string of the molecule is COCCCN(Cc1c(-c2ccccc2)noc1N1CCCC1)C(=O)c1ccc(F)cc1. The number of rotatable bonds is 9. The standard InChI is InChI=1S/C25H28FN3O3/c1-31-17-7-16-29(24(30)20-10-12-21(26)13-11-20)18-22-23(19-8-3-2-4-9-19)27-32-25(22)28-14-5-6-15-28/h2-4,8-13H,5-7,14-18H2,1H3. The third-order valence-electron chi connectivity index (χ3n) is 5.71. The molecule has 0 aliphatic carbocycles. The predicted octanol–water partition coefficient (Wildman–Crippen LogP) is 4.76. The highest BCUT2D eigenvalue weighted by Gasteiger charge is 2.27.